The minimum atomic E-state index is -0.232. The highest BCUT2D eigenvalue weighted by molar-refractivity contribution is 5.65. The first kappa shape index (κ1) is 9.43. The van der Waals surface area contributed by atoms with E-state index in [1.165, 1.54) is 6.92 Å². The maximum Gasteiger partial charge on any atom is 0.302 e. The molecule has 60 valence electrons. The Morgan fingerprint density at radius 2 is 2.10 bits per heavy atom. The Morgan fingerprint density at radius 1 is 1.40 bits per heavy atom. The molecular formula is C7H14O3. The summed E-state index contributed by atoms with van der Waals surface area (Å²) < 4.78 is 4.67. The van der Waals surface area contributed by atoms with Gasteiger partial charge in [0.15, 0.2) is 0 Å². The van der Waals surface area contributed by atoms with Crippen molar-refractivity contribution in [3.63, 3.8) is 0 Å². The van der Waals surface area contributed by atoms with Crippen LogP contribution in [-0.4, -0.2) is 24.3 Å². The standard InChI is InChI=1S/C7H14O3/c1-7(9)10-6-4-2-3-5-8/h8H,2-6H2,1H3. The predicted octanol–water partition coefficient (Wildman–Crippen LogP) is 0.712. The van der Waals surface area contributed by atoms with Gasteiger partial charge < -0.3 is 9.84 Å². The molecule has 0 aliphatic carbocycles. The fourth-order valence-electron chi connectivity index (χ4n) is 0.607. The quantitative estimate of drug-likeness (QED) is 0.459. The third-order valence-corrected chi connectivity index (χ3v) is 1.11. The van der Waals surface area contributed by atoms with Gasteiger partial charge in [-0.15, -0.1) is 0 Å². The van der Waals surface area contributed by atoms with Crippen molar-refractivity contribution in [3.8, 4) is 0 Å². The average Bonchev–Trinajstić information content (AvgIpc) is 1.87. The van der Waals surface area contributed by atoms with Gasteiger partial charge in [-0.2, -0.15) is 0 Å². The number of rotatable bonds is 5. The van der Waals surface area contributed by atoms with Crippen LogP contribution in [0.15, 0.2) is 0 Å². The van der Waals surface area contributed by atoms with Crippen LogP contribution in [0, 0.1) is 0 Å². The molecule has 0 spiro atoms. The number of hydrogen-bond acceptors (Lipinski definition) is 3. The molecule has 0 saturated heterocycles. The van der Waals surface area contributed by atoms with Gasteiger partial charge in [-0.3, -0.25) is 4.79 Å². The second kappa shape index (κ2) is 6.55. The normalized spacial score (nSPS) is 9.40. The number of esters is 1. The number of hydrogen-bond donors (Lipinski definition) is 1. The molecular weight excluding hydrogens is 132 g/mol. The third kappa shape index (κ3) is 7.43. The van der Waals surface area contributed by atoms with Crippen molar-refractivity contribution >= 4 is 5.97 Å². The summed E-state index contributed by atoms with van der Waals surface area (Å²) in [6.07, 6.45) is 2.56. The zero-order chi connectivity index (χ0) is 7.82. The van der Waals surface area contributed by atoms with Crippen LogP contribution in [-0.2, 0) is 9.53 Å². The van der Waals surface area contributed by atoms with Gasteiger partial charge in [-0.05, 0) is 19.3 Å². The van der Waals surface area contributed by atoms with Gasteiger partial charge in [0.2, 0.25) is 0 Å². The molecule has 0 atom stereocenters. The van der Waals surface area contributed by atoms with Gasteiger partial charge >= 0.3 is 5.97 Å². The van der Waals surface area contributed by atoms with Crippen LogP contribution < -0.4 is 0 Å². The third-order valence-electron chi connectivity index (χ3n) is 1.11. The molecule has 3 nitrogen and oxygen atoms in total. The average molecular weight is 146 g/mol. The van der Waals surface area contributed by atoms with Gasteiger partial charge in [0.25, 0.3) is 0 Å². The topological polar surface area (TPSA) is 46.5 Å². The lowest BCUT2D eigenvalue weighted by molar-refractivity contribution is -0.141. The first-order valence-corrected chi connectivity index (χ1v) is 3.51. The SMILES string of the molecule is CC(=O)OCCCCCO. The molecule has 0 saturated carbocycles. The van der Waals surface area contributed by atoms with Gasteiger partial charge in [-0.1, -0.05) is 0 Å². The molecule has 0 fully saturated rings. The summed E-state index contributed by atoms with van der Waals surface area (Å²) >= 11 is 0. The number of carbonyl (C=O) groups is 1. The van der Waals surface area contributed by atoms with Crippen molar-refractivity contribution in [2.75, 3.05) is 13.2 Å². The molecule has 0 amide bonds. The lowest BCUT2D eigenvalue weighted by Crippen LogP contribution is -2.00. The van der Waals surface area contributed by atoms with E-state index in [0.717, 1.165) is 19.3 Å². The molecule has 10 heavy (non-hydrogen) atoms. The van der Waals surface area contributed by atoms with Gasteiger partial charge in [0, 0.05) is 13.5 Å². The van der Waals surface area contributed by atoms with E-state index in [1.54, 1.807) is 0 Å². The molecule has 0 unspecified atom stereocenters. The fourth-order valence-corrected chi connectivity index (χ4v) is 0.607. The Balaban J connectivity index is 2.84. The summed E-state index contributed by atoms with van der Waals surface area (Å²) in [4.78, 5) is 10.2. The first-order chi connectivity index (χ1) is 4.77. The molecule has 0 aromatic rings. The van der Waals surface area contributed by atoms with Gasteiger partial charge in [0.1, 0.15) is 0 Å². The van der Waals surface area contributed by atoms with E-state index in [2.05, 4.69) is 4.74 Å². The number of unbranched alkanes of at least 4 members (excludes halogenated alkanes) is 2. The predicted molar refractivity (Wildman–Crippen MR) is 37.6 cm³/mol. The van der Waals surface area contributed by atoms with Crippen LogP contribution >= 0.6 is 0 Å². The van der Waals surface area contributed by atoms with Crippen LogP contribution in [0.25, 0.3) is 0 Å². The van der Waals surface area contributed by atoms with E-state index < -0.39 is 0 Å². The van der Waals surface area contributed by atoms with E-state index in [9.17, 15) is 4.79 Å². The first-order valence-electron chi connectivity index (χ1n) is 3.51. The van der Waals surface area contributed by atoms with E-state index in [-0.39, 0.29) is 12.6 Å². The van der Waals surface area contributed by atoms with E-state index in [4.69, 9.17) is 5.11 Å². The Bertz CT molecular complexity index is 90.9. The minimum absolute atomic E-state index is 0.222. The molecule has 0 aromatic carbocycles. The van der Waals surface area contributed by atoms with Crippen LogP contribution in [0.1, 0.15) is 26.2 Å². The molecule has 1 N–H and O–H groups in total. The second-order valence-corrected chi connectivity index (χ2v) is 2.12. The summed E-state index contributed by atoms with van der Waals surface area (Å²) in [6, 6.07) is 0. The minimum Gasteiger partial charge on any atom is -0.466 e. The second-order valence-electron chi connectivity index (χ2n) is 2.12. The van der Waals surface area contributed by atoms with Crippen molar-refractivity contribution < 1.29 is 14.6 Å². The smallest absolute Gasteiger partial charge is 0.302 e. The zero-order valence-corrected chi connectivity index (χ0v) is 6.30. The fraction of sp³-hybridized carbons (Fsp3) is 0.857. The molecule has 3 heteroatoms. The number of ether oxygens (including phenoxy) is 1. The summed E-state index contributed by atoms with van der Waals surface area (Å²) in [5.41, 5.74) is 0. The Morgan fingerprint density at radius 3 is 2.60 bits per heavy atom. The molecule has 0 bridgehead atoms. The number of carbonyl (C=O) groups excluding carboxylic acids is 1. The largest absolute Gasteiger partial charge is 0.466 e. The Kier molecular flexibility index (Phi) is 6.18. The van der Waals surface area contributed by atoms with Gasteiger partial charge in [0.05, 0.1) is 6.61 Å². The molecule has 0 aliphatic rings. The van der Waals surface area contributed by atoms with Crippen molar-refractivity contribution in [1.29, 1.82) is 0 Å². The van der Waals surface area contributed by atoms with Crippen LogP contribution in [0.5, 0.6) is 0 Å². The Labute approximate surface area is 61.0 Å². The van der Waals surface area contributed by atoms with E-state index in [0.29, 0.717) is 6.61 Å². The van der Waals surface area contributed by atoms with Crippen LogP contribution in [0.3, 0.4) is 0 Å². The highest BCUT2D eigenvalue weighted by atomic mass is 16.5. The lowest BCUT2D eigenvalue weighted by atomic mass is 10.2. The molecule has 0 radical (unpaired) electrons. The van der Waals surface area contributed by atoms with Gasteiger partial charge in [-0.25, -0.2) is 0 Å². The summed E-state index contributed by atoms with van der Waals surface area (Å²) in [7, 11) is 0. The molecule has 0 rings (SSSR count). The van der Waals surface area contributed by atoms with Crippen molar-refractivity contribution in [2.24, 2.45) is 0 Å². The molecule has 0 aromatic heterocycles. The van der Waals surface area contributed by atoms with E-state index >= 15 is 0 Å². The highest BCUT2D eigenvalue weighted by Gasteiger charge is 1.91. The van der Waals surface area contributed by atoms with E-state index in [1.807, 2.05) is 0 Å². The maximum atomic E-state index is 10.2. The van der Waals surface area contributed by atoms with Crippen molar-refractivity contribution in [2.45, 2.75) is 26.2 Å². The zero-order valence-electron chi connectivity index (χ0n) is 6.30. The van der Waals surface area contributed by atoms with Crippen molar-refractivity contribution in [3.05, 3.63) is 0 Å². The number of aliphatic hydroxyl groups is 1. The monoisotopic (exact) mass is 146 g/mol. The number of aliphatic hydroxyl groups excluding tert-OH is 1. The lowest BCUT2D eigenvalue weighted by Gasteiger charge is -1.99. The summed E-state index contributed by atoms with van der Waals surface area (Å²) in [5, 5.41) is 8.37. The van der Waals surface area contributed by atoms with Crippen molar-refractivity contribution in [1.82, 2.24) is 0 Å². The van der Waals surface area contributed by atoms with Crippen LogP contribution in [0.4, 0.5) is 0 Å². The molecule has 0 aliphatic heterocycles. The summed E-state index contributed by atoms with van der Waals surface area (Å²) in [6.45, 7) is 2.10. The highest BCUT2D eigenvalue weighted by Crippen LogP contribution is 1.94. The Hall–Kier alpha value is -0.570. The summed E-state index contributed by atoms with van der Waals surface area (Å²) in [5.74, 6) is -0.232. The van der Waals surface area contributed by atoms with Crippen LogP contribution in [0.2, 0.25) is 0 Å². The molecule has 0 heterocycles. The maximum absolute atomic E-state index is 10.2.